The average molecular weight is 359 g/mol. The molecule has 0 aliphatic carbocycles. The number of nitrogens with zero attached hydrogens (tertiary/aromatic N) is 2. The van der Waals surface area contributed by atoms with Crippen LogP contribution in [0.25, 0.3) is 11.4 Å². The van der Waals surface area contributed by atoms with Gasteiger partial charge in [0.05, 0.1) is 19.1 Å². The van der Waals surface area contributed by atoms with Gasteiger partial charge in [-0.2, -0.15) is 4.98 Å². The zero-order valence-electron chi connectivity index (χ0n) is 13.4. The minimum absolute atomic E-state index is 0.0887. The van der Waals surface area contributed by atoms with Crippen molar-refractivity contribution < 1.29 is 18.8 Å². The first kappa shape index (κ1) is 17.0. The Morgan fingerprint density at radius 1 is 1.16 bits per heavy atom. The first-order valence-corrected chi connectivity index (χ1v) is 7.89. The normalized spacial score (nSPS) is 10.5. The number of carbonyl (C=O) groups excluding carboxylic acids is 1. The van der Waals surface area contributed by atoms with E-state index in [9.17, 15) is 4.79 Å². The van der Waals surface area contributed by atoms with Crippen LogP contribution in [0, 0.1) is 0 Å². The zero-order valence-corrected chi connectivity index (χ0v) is 14.2. The van der Waals surface area contributed by atoms with Crippen molar-refractivity contribution in [1.82, 2.24) is 10.1 Å². The maximum absolute atomic E-state index is 11.9. The van der Waals surface area contributed by atoms with E-state index in [1.54, 1.807) is 37.4 Å². The molecule has 0 aliphatic rings. The van der Waals surface area contributed by atoms with E-state index in [0.29, 0.717) is 22.2 Å². The van der Waals surface area contributed by atoms with Gasteiger partial charge >= 0.3 is 5.97 Å². The van der Waals surface area contributed by atoms with Gasteiger partial charge in [-0.1, -0.05) is 41.0 Å². The number of rotatable bonds is 6. The second kappa shape index (κ2) is 7.81. The van der Waals surface area contributed by atoms with Gasteiger partial charge in [-0.25, -0.2) is 0 Å². The van der Waals surface area contributed by atoms with Gasteiger partial charge in [-0.15, -0.1) is 0 Å². The molecule has 25 heavy (non-hydrogen) atoms. The Balaban J connectivity index is 1.60. The molecule has 0 amide bonds. The van der Waals surface area contributed by atoms with Crippen molar-refractivity contribution in [3.63, 3.8) is 0 Å². The molecule has 3 rings (SSSR count). The Morgan fingerprint density at radius 2 is 1.92 bits per heavy atom. The molecule has 0 spiro atoms. The number of benzene rings is 2. The highest BCUT2D eigenvalue weighted by Gasteiger charge is 2.14. The van der Waals surface area contributed by atoms with E-state index in [-0.39, 0.29) is 24.9 Å². The van der Waals surface area contributed by atoms with Crippen molar-refractivity contribution in [1.29, 1.82) is 0 Å². The van der Waals surface area contributed by atoms with E-state index in [2.05, 4.69) is 10.1 Å². The van der Waals surface area contributed by atoms with E-state index < -0.39 is 0 Å². The van der Waals surface area contributed by atoms with Gasteiger partial charge in [0.1, 0.15) is 5.75 Å². The predicted molar refractivity (Wildman–Crippen MR) is 91.2 cm³/mol. The van der Waals surface area contributed by atoms with Crippen LogP contribution in [0.4, 0.5) is 0 Å². The summed E-state index contributed by atoms with van der Waals surface area (Å²) in [5, 5.41) is 4.51. The van der Waals surface area contributed by atoms with Crippen molar-refractivity contribution in [2.45, 2.75) is 13.0 Å². The number of esters is 1. The Kier molecular flexibility index (Phi) is 5.30. The lowest BCUT2D eigenvalue weighted by atomic mass is 10.1. The SMILES string of the molecule is COc1ccccc1-c1noc(COC(=O)Cc2ccc(Cl)cc2)n1. The number of methoxy groups -OCH3 is 1. The second-order valence-corrected chi connectivity index (χ2v) is 5.61. The second-order valence-electron chi connectivity index (χ2n) is 5.18. The third-order valence-electron chi connectivity index (χ3n) is 3.43. The molecule has 3 aromatic rings. The molecule has 0 saturated heterocycles. The monoisotopic (exact) mass is 358 g/mol. The molecule has 0 unspecified atom stereocenters. The fraction of sp³-hybridized carbons (Fsp3) is 0.167. The number of hydrogen-bond donors (Lipinski definition) is 0. The first-order valence-electron chi connectivity index (χ1n) is 7.52. The number of aromatic nitrogens is 2. The summed E-state index contributed by atoms with van der Waals surface area (Å²) in [6.07, 6.45) is 0.144. The van der Waals surface area contributed by atoms with Crippen molar-refractivity contribution >= 4 is 17.6 Å². The average Bonchev–Trinajstić information content (AvgIpc) is 3.11. The molecular formula is C18H15ClN2O4. The lowest BCUT2D eigenvalue weighted by molar-refractivity contribution is -0.144. The number of ether oxygens (including phenoxy) is 2. The Hall–Kier alpha value is -2.86. The van der Waals surface area contributed by atoms with Crippen LogP contribution in [-0.2, 0) is 22.6 Å². The standard InChI is InChI=1S/C18H15ClN2O4/c1-23-15-5-3-2-4-14(15)18-20-16(25-21-18)11-24-17(22)10-12-6-8-13(19)9-7-12/h2-9H,10-11H2,1H3. The van der Waals surface area contributed by atoms with Gasteiger partial charge in [0, 0.05) is 5.02 Å². The topological polar surface area (TPSA) is 74.5 Å². The summed E-state index contributed by atoms with van der Waals surface area (Å²) in [4.78, 5) is 16.1. The number of para-hydroxylation sites is 1. The lowest BCUT2D eigenvalue weighted by Gasteiger charge is -2.03. The zero-order chi connectivity index (χ0) is 17.6. The van der Waals surface area contributed by atoms with Crippen molar-refractivity contribution in [2.24, 2.45) is 0 Å². The summed E-state index contributed by atoms with van der Waals surface area (Å²) >= 11 is 5.81. The van der Waals surface area contributed by atoms with Crippen LogP contribution in [0.1, 0.15) is 11.5 Å². The molecule has 0 atom stereocenters. The van der Waals surface area contributed by atoms with Crippen LogP contribution in [0.3, 0.4) is 0 Å². The number of carbonyl (C=O) groups is 1. The van der Waals surface area contributed by atoms with Gasteiger partial charge in [-0.3, -0.25) is 4.79 Å². The fourth-order valence-corrected chi connectivity index (χ4v) is 2.34. The van der Waals surface area contributed by atoms with Crippen LogP contribution in [0.5, 0.6) is 5.75 Å². The lowest BCUT2D eigenvalue weighted by Crippen LogP contribution is -2.08. The predicted octanol–water partition coefficient (Wildman–Crippen LogP) is 3.68. The molecule has 0 aliphatic heterocycles. The molecule has 6 nitrogen and oxygen atoms in total. The summed E-state index contributed by atoms with van der Waals surface area (Å²) < 4.78 is 15.6. The molecule has 7 heteroatoms. The fourth-order valence-electron chi connectivity index (χ4n) is 2.21. The molecule has 2 aromatic carbocycles. The third kappa shape index (κ3) is 4.36. The number of halogens is 1. The van der Waals surface area contributed by atoms with Crippen LogP contribution < -0.4 is 4.74 Å². The number of hydrogen-bond acceptors (Lipinski definition) is 6. The molecule has 0 N–H and O–H groups in total. The van der Waals surface area contributed by atoms with Gasteiger partial charge < -0.3 is 14.0 Å². The summed E-state index contributed by atoms with van der Waals surface area (Å²) in [6.45, 7) is -0.0887. The quantitative estimate of drug-likeness (QED) is 0.626. The highest BCUT2D eigenvalue weighted by atomic mass is 35.5. The highest BCUT2D eigenvalue weighted by molar-refractivity contribution is 6.30. The van der Waals surface area contributed by atoms with Crippen molar-refractivity contribution in [3.05, 3.63) is 65.0 Å². The van der Waals surface area contributed by atoms with E-state index in [4.69, 9.17) is 25.6 Å². The van der Waals surface area contributed by atoms with Crippen molar-refractivity contribution in [3.8, 4) is 17.1 Å². The van der Waals surface area contributed by atoms with Crippen LogP contribution in [-0.4, -0.2) is 23.2 Å². The van der Waals surface area contributed by atoms with Crippen LogP contribution in [0.2, 0.25) is 5.02 Å². The molecule has 0 saturated carbocycles. The Morgan fingerprint density at radius 3 is 2.68 bits per heavy atom. The Bertz CT molecular complexity index is 862. The summed E-state index contributed by atoms with van der Waals surface area (Å²) in [7, 11) is 1.57. The summed E-state index contributed by atoms with van der Waals surface area (Å²) in [5.74, 6) is 0.834. The Labute approximate surface area is 149 Å². The van der Waals surface area contributed by atoms with E-state index in [1.807, 2.05) is 18.2 Å². The summed E-state index contributed by atoms with van der Waals surface area (Å²) in [5.41, 5.74) is 1.52. The molecule has 1 aromatic heterocycles. The maximum atomic E-state index is 11.9. The minimum atomic E-state index is -0.389. The maximum Gasteiger partial charge on any atom is 0.310 e. The molecule has 0 radical (unpaired) electrons. The molecule has 1 heterocycles. The van der Waals surface area contributed by atoms with E-state index >= 15 is 0 Å². The smallest absolute Gasteiger partial charge is 0.310 e. The van der Waals surface area contributed by atoms with Crippen molar-refractivity contribution in [2.75, 3.05) is 7.11 Å². The van der Waals surface area contributed by atoms with E-state index in [0.717, 1.165) is 5.56 Å². The van der Waals surface area contributed by atoms with Crippen LogP contribution in [0.15, 0.2) is 53.1 Å². The highest BCUT2D eigenvalue weighted by Crippen LogP contribution is 2.27. The minimum Gasteiger partial charge on any atom is -0.496 e. The van der Waals surface area contributed by atoms with Gasteiger partial charge in [0.25, 0.3) is 5.89 Å². The summed E-state index contributed by atoms with van der Waals surface area (Å²) in [6, 6.07) is 14.3. The van der Waals surface area contributed by atoms with Gasteiger partial charge in [0.15, 0.2) is 6.61 Å². The van der Waals surface area contributed by atoms with Gasteiger partial charge in [-0.05, 0) is 29.8 Å². The first-order chi connectivity index (χ1) is 12.2. The van der Waals surface area contributed by atoms with E-state index in [1.165, 1.54) is 0 Å². The molecule has 0 fully saturated rings. The molecule has 128 valence electrons. The molecular weight excluding hydrogens is 344 g/mol. The molecule has 0 bridgehead atoms. The van der Waals surface area contributed by atoms with Gasteiger partial charge in [0.2, 0.25) is 5.82 Å². The third-order valence-corrected chi connectivity index (χ3v) is 3.69. The largest absolute Gasteiger partial charge is 0.496 e. The van der Waals surface area contributed by atoms with Crippen LogP contribution >= 0.6 is 11.6 Å².